The highest BCUT2D eigenvalue weighted by molar-refractivity contribution is 5.47. The summed E-state index contributed by atoms with van der Waals surface area (Å²) in [5, 5.41) is 12.7. The average molecular weight is 269 g/mol. The van der Waals surface area contributed by atoms with Gasteiger partial charge < -0.3 is 15.2 Å². The Labute approximate surface area is 114 Å². The molecule has 0 aliphatic rings. The number of benzene rings is 1. The van der Waals surface area contributed by atoms with Crippen LogP contribution in [0.5, 0.6) is 5.75 Å². The lowest BCUT2D eigenvalue weighted by Gasteiger charge is -2.30. The summed E-state index contributed by atoms with van der Waals surface area (Å²) >= 11 is 0. The predicted molar refractivity (Wildman–Crippen MR) is 76.2 cm³/mol. The molecule has 0 unspecified atom stereocenters. The van der Waals surface area contributed by atoms with E-state index < -0.39 is 0 Å². The van der Waals surface area contributed by atoms with Gasteiger partial charge in [-0.1, -0.05) is 13.8 Å². The lowest BCUT2D eigenvalue weighted by Crippen LogP contribution is -2.32. The van der Waals surface area contributed by atoms with Crippen molar-refractivity contribution in [1.29, 1.82) is 0 Å². The third kappa shape index (κ3) is 4.10. The minimum Gasteiger partial charge on any atom is -0.491 e. The first-order valence-corrected chi connectivity index (χ1v) is 6.88. The van der Waals surface area contributed by atoms with Crippen LogP contribution in [0.15, 0.2) is 18.2 Å². The molecule has 0 aliphatic heterocycles. The van der Waals surface area contributed by atoms with Crippen LogP contribution in [0, 0.1) is 11.2 Å². The highest BCUT2D eigenvalue weighted by Gasteiger charge is 2.24. The standard InChI is InChI=1S/C15H24FNO2/c1-4-15(5-2,11-18)10-17-12-7-8-14(19-6-3)13(16)9-12/h7-9,17-18H,4-6,10-11H2,1-3H3. The molecule has 0 radical (unpaired) electrons. The van der Waals surface area contributed by atoms with E-state index in [1.54, 1.807) is 12.1 Å². The predicted octanol–water partition coefficient (Wildman–Crippen LogP) is 3.44. The molecule has 0 amide bonds. The molecule has 4 heteroatoms. The number of anilines is 1. The van der Waals surface area contributed by atoms with E-state index in [1.165, 1.54) is 6.07 Å². The number of hydrogen-bond donors (Lipinski definition) is 2. The fourth-order valence-corrected chi connectivity index (χ4v) is 1.95. The molecule has 0 heterocycles. The molecule has 2 N–H and O–H groups in total. The molecule has 0 spiro atoms. The van der Waals surface area contributed by atoms with Crippen LogP contribution in [0.4, 0.5) is 10.1 Å². The van der Waals surface area contributed by atoms with Gasteiger partial charge in [0, 0.05) is 23.7 Å². The van der Waals surface area contributed by atoms with Crippen molar-refractivity contribution in [3.8, 4) is 5.75 Å². The number of nitrogens with one attached hydrogen (secondary N) is 1. The first kappa shape index (κ1) is 15.8. The van der Waals surface area contributed by atoms with E-state index in [9.17, 15) is 9.50 Å². The second-order valence-corrected chi connectivity index (χ2v) is 4.80. The van der Waals surface area contributed by atoms with Crippen LogP contribution in [0.3, 0.4) is 0 Å². The first-order chi connectivity index (χ1) is 9.10. The lowest BCUT2D eigenvalue weighted by molar-refractivity contribution is 0.127. The summed E-state index contributed by atoms with van der Waals surface area (Å²) in [4.78, 5) is 0. The summed E-state index contributed by atoms with van der Waals surface area (Å²) in [6.45, 7) is 7.14. The van der Waals surface area contributed by atoms with Gasteiger partial charge in [0.25, 0.3) is 0 Å². The fraction of sp³-hybridized carbons (Fsp3) is 0.600. The van der Waals surface area contributed by atoms with Crippen molar-refractivity contribution in [2.75, 3.05) is 25.1 Å². The van der Waals surface area contributed by atoms with Crippen LogP contribution >= 0.6 is 0 Å². The van der Waals surface area contributed by atoms with Gasteiger partial charge in [-0.25, -0.2) is 4.39 Å². The maximum absolute atomic E-state index is 13.7. The zero-order chi connectivity index (χ0) is 14.3. The summed E-state index contributed by atoms with van der Waals surface area (Å²) in [7, 11) is 0. The summed E-state index contributed by atoms with van der Waals surface area (Å²) < 4.78 is 18.8. The van der Waals surface area contributed by atoms with Crippen molar-refractivity contribution in [1.82, 2.24) is 0 Å². The smallest absolute Gasteiger partial charge is 0.167 e. The van der Waals surface area contributed by atoms with E-state index in [-0.39, 0.29) is 23.6 Å². The Morgan fingerprint density at radius 3 is 2.42 bits per heavy atom. The van der Waals surface area contributed by atoms with Crippen LogP contribution in [-0.4, -0.2) is 24.9 Å². The Hall–Kier alpha value is -1.29. The van der Waals surface area contributed by atoms with Gasteiger partial charge in [0.1, 0.15) is 0 Å². The SMILES string of the molecule is CCOc1ccc(NCC(CC)(CC)CO)cc1F. The van der Waals surface area contributed by atoms with E-state index in [4.69, 9.17) is 4.74 Å². The van der Waals surface area contributed by atoms with Gasteiger partial charge >= 0.3 is 0 Å². The second-order valence-electron chi connectivity index (χ2n) is 4.80. The van der Waals surface area contributed by atoms with Gasteiger partial charge in [0.15, 0.2) is 11.6 Å². The fourth-order valence-electron chi connectivity index (χ4n) is 1.95. The van der Waals surface area contributed by atoms with Crippen LogP contribution < -0.4 is 10.1 Å². The monoisotopic (exact) mass is 269 g/mol. The average Bonchev–Trinajstić information content (AvgIpc) is 2.44. The largest absolute Gasteiger partial charge is 0.491 e. The molecule has 0 aromatic heterocycles. The lowest BCUT2D eigenvalue weighted by atomic mass is 9.83. The Morgan fingerprint density at radius 2 is 1.95 bits per heavy atom. The van der Waals surface area contributed by atoms with E-state index in [0.717, 1.165) is 12.8 Å². The van der Waals surface area contributed by atoms with Gasteiger partial charge in [-0.3, -0.25) is 0 Å². The maximum atomic E-state index is 13.7. The summed E-state index contributed by atoms with van der Waals surface area (Å²) in [5.74, 6) is -0.0955. The van der Waals surface area contributed by atoms with Crippen LogP contribution in [0.1, 0.15) is 33.6 Å². The molecular formula is C15H24FNO2. The highest BCUT2D eigenvalue weighted by atomic mass is 19.1. The Bertz CT molecular complexity index is 383. The normalized spacial score (nSPS) is 11.4. The molecule has 0 atom stereocenters. The first-order valence-electron chi connectivity index (χ1n) is 6.88. The second kappa shape index (κ2) is 7.34. The minimum absolute atomic E-state index is 0.131. The topological polar surface area (TPSA) is 41.5 Å². The third-order valence-corrected chi connectivity index (χ3v) is 3.73. The Balaban J connectivity index is 2.70. The van der Waals surface area contributed by atoms with E-state index in [1.807, 2.05) is 6.92 Å². The molecule has 108 valence electrons. The van der Waals surface area contributed by atoms with Crippen molar-refractivity contribution in [3.05, 3.63) is 24.0 Å². The van der Waals surface area contributed by atoms with E-state index in [2.05, 4.69) is 19.2 Å². The van der Waals surface area contributed by atoms with Crippen molar-refractivity contribution in [2.45, 2.75) is 33.6 Å². The molecule has 0 saturated heterocycles. The van der Waals surface area contributed by atoms with Gasteiger partial charge in [-0.05, 0) is 31.9 Å². The molecule has 3 nitrogen and oxygen atoms in total. The number of halogens is 1. The quantitative estimate of drug-likeness (QED) is 0.759. The molecule has 1 aromatic rings. The number of ether oxygens (including phenoxy) is 1. The number of hydrogen-bond acceptors (Lipinski definition) is 3. The molecule has 19 heavy (non-hydrogen) atoms. The van der Waals surface area contributed by atoms with Gasteiger partial charge in [0.2, 0.25) is 0 Å². The van der Waals surface area contributed by atoms with Gasteiger partial charge in [0.05, 0.1) is 13.2 Å². The molecule has 1 rings (SSSR count). The third-order valence-electron chi connectivity index (χ3n) is 3.73. The zero-order valence-electron chi connectivity index (χ0n) is 12.0. The van der Waals surface area contributed by atoms with Crippen LogP contribution in [0.25, 0.3) is 0 Å². The van der Waals surface area contributed by atoms with Crippen LogP contribution in [0.2, 0.25) is 0 Å². The maximum Gasteiger partial charge on any atom is 0.167 e. The molecular weight excluding hydrogens is 245 g/mol. The summed E-state index contributed by atoms with van der Waals surface area (Å²) in [6.07, 6.45) is 1.76. The van der Waals surface area contributed by atoms with Crippen molar-refractivity contribution < 1.29 is 14.2 Å². The van der Waals surface area contributed by atoms with E-state index in [0.29, 0.717) is 18.8 Å². The number of rotatable bonds is 8. The number of aliphatic hydroxyl groups is 1. The highest BCUT2D eigenvalue weighted by Crippen LogP contribution is 2.27. The molecule has 0 aliphatic carbocycles. The Kier molecular flexibility index (Phi) is 6.09. The zero-order valence-corrected chi connectivity index (χ0v) is 12.0. The van der Waals surface area contributed by atoms with Crippen molar-refractivity contribution in [2.24, 2.45) is 5.41 Å². The summed E-state index contributed by atoms with van der Waals surface area (Å²) in [5.41, 5.74) is 0.565. The molecule has 1 aromatic carbocycles. The van der Waals surface area contributed by atoms with Crippen LogP contribution in [-0.2, 0) is 0 Å². The minimum atomic E-state index is -0.366. The van der Waals surface area contributed by atoms with Crippen molar-refractivity contribution >= 4 is 5.69 Å². The molecule has 0 saturated carbocycles. The van der Waals surface area contributed by atoms with Gasteiger partial charge in [-0.2, -0.15) is 0 Å². The van der Waals surface area contributed by atoms with Crippen molar-refractivity contribution in [3.63, 3.8) is 0 Å². The van der Waals surface area contributed by atoms with E-state index >= 15 is 0 Å². The molecule has 0 bridgehead atoms. The summed E-state index contributed by atoms with van der Waals surface area (Å²) in [6, 6.07) is 4.85. The molecule has 0 fully saturated rings. The Morgan fingerprint density at radius 1 is 1.26 bits per heavy atom. The number of aliphatic hydroxyl groups excluding tert-OH is 1. The van der Waals surface area contributed by atoms with Gasteiger partial charge in [-0.15, -0.1) is 0 Å².